The van der Waals surface area contributed by atoms with Gasteiger partial charge in [0.05, 0.1) is 27.9 Å². The van der Waals surface area contributed by atoms with Crippen molar-refractivity contribution in [2.24, 2.45) is 17.8 Å². The van der Waals surface area contributed by atoms with E-state index in [0.717, 1.165) is 9.80 Å². The van der Waals surface area contributed by atoms with E-state index >= 15 is 0 Å². The van der Waals surface area contributed by atoms with Gasteiger partial charge in [-0.1, -0.05) is 51.9 Å². The van der Waals surface area contributed by atoms with Crippen LogP contribution in [-0.2, 0) is 25.6 Å². The zero-order valence-electron chi connectivity index (χ0n) is 22.4. The van der Waals surface area contributed by atoms with Crippen LogP contribution in [0.25, 0.3) is 0 Å². The highest BCUT2D eigenvalue weighted by Gasteiger charge is 2.76. The van der Waals surface area contributed by atoms with Gasteiger partial charge in [0.1, 0.15) is 5.75 Å². The summed E-state index contributed by atoms with van der Waals surface area (Å²) in [4.78, 5) is 63.8. The topological polar surface area (TPSA) is 138 Å². The van der Waals surface area contributed by atoms with Crippen molar-refractivity contribution in [2.75, 3.05) is 10.4 Å². The zero-order valence-corrected chi connectivity index (χ0v) is 25.5. The van der Waals surface area contributed by atoms with Gasteiger partial charge in [-0.3, -0.25) is 39.1 Å². The number of likely N-dealkylation sites (tertiary alicyclic amines) is 1. The molecule has 10 nitrogen and oxygen atoms in total. The number of para-hydroxylation sites is 1. The fourth-order valence-corrected chi connectivity index (χ4v) is 8.66. The third kappa shape index (κ3) is 3.90. The first kappa shape index (κ1) is 29.5. The van der Waals surface area contributed by atoms with Crippen LogP contribution in [0.5, 0.6) is 5.75 Å². The molecule has 4 aliphatic rings. The number of fused-ring (bicyclic) bond motifs is 4. The number of nitro benzene ring substituents is 1. The van der Waals surface area contributed by atoms with E-state index in [2.05, 4.69) is 22.5 Å². The summed E-state index contributed by atoms with van der Waals surface area (Å²) in [5, 5.41) is 22.6. The highest BCUT2D eigenvalue weighted by molar-refractivity contribution is 9.09. The van der Waals surface area contributed by atoms with E-state index in [0.29, 0.717) is 17.6 Å². The standard InChI is InChI=1S/C30H24BrCl2N3O7/c1-2-4-15-5-3-6-20(24(15)37)23-18-11-12-19-22(21(18)13-29(32)27(40)34(14-31)28(41)30(23,29)33)26(39)35(25(19)38)16-7-9-17(10-8-16)36(42)43/h2-3,5-11,19,21-23,37H,1,4,12-14H2. The number of benzene rings is 2. The van der Waals surface area contributed by atoms with Crippen LogP contribution in [0.15, 0.2) is 66.8 Å². The van der Waals surface area contributed by atoms with Gasteiger partial charge in [0.15, 0.2) is 9.75 Å². The number of carbonyl (C=O) groups is 4. The van der Waals surface area contributed by atoms with Crippen molar-refractivity contribution in [3.05, 3.63) is 88.0 Å². The van der Waals surface area contributed by atoms with Crippen molar-refractivity contribution in [2.45, 2.75) is 34.9 Å². The molecule has 2 heterocycles. The second-order valence-corrected chi connectivity index (χ2v) is 12.9. The van der Waals surface area contributed by atoms with Crippen LogP contribution >= 0.6 is 39.1 Å². The smallest absolute Gasteiger partial charge is 0.269 e. The summed E-state index contributed by atoms with van der Waals surface area (Å²) in [5.41, 5.74) is 1.17. The van der Waals surface area contributed by atoms with Gasteiger partial charge >= 0.3 is 0 Å². The summed E-state index contributed by atoms with van der Waals surface area (Å²) in [6.07, 6.45) is 3.65. The molecule has 1 N–H and O–H groups in total. The van der Waals surface area contributed by atoms with Crippen molar-refractivity contribution < 1.29 is 29.2 Å². The molecule has 6 unspecified atom stereocenters. The molecular weight excluding hydrogens is 665 g/mol. The van der Waals surface area contributed by atoms with Gasteiger partial charge in [-0.25, -0.2) is 0 Å². The summed E-state index contributed by atoms with van der Waals surface area (Å²) in [7, 11) is 0. The minimum absolute atomic E-state index is 0.131. The van der Waals surface area contributed by atoms with Gasteiger partial charge in [-0.05, 0) is 42.9 Å². The molecule has 2 aliphatic carbocycles. The number of imide groups is 2. The summed E-state index contributed by atoms with van der Waals surface area (Å²) >= 11 is 17.6. The Morgan fingerprint density at radius 3 is 2.40 bits per heavy atom. The highest BCUT2D eigenvalue weighted by atomic mass is 79.9. The van der Waals surface area contributed by atoms with Gasteiger partial charge in [-0.2, -0.15) is 0 Å². The molecule has 4 amide bonds. The van der Waals surface area contributed by atoms with Crippen LogP contribution in [-0.4, -0.2) is 53.8 Å². The first-order valence-corrected chi connectivity index (χ1v) is 15.3. The summed E-state index contributed by atoms with van der Waals surface area (Å²) < 4.78 is 0. The van der Waals surface area contributed by atoms with Gasteiger partial charge in [0.25, 0.3) is 17.5 Å². The number of non-ortho nitro benzene ring substituents is 1. The predicted octanol–water partition coefficient (Wildman–Crippen LogP) is 4.94. The molecule has 2 aliphatic heterocycles. The Balaban J connectivity index is 1.51. The monoisotopic (exact) mass is 687 g/mol. The maximum Gasteiger partial charge on any atom is 0.269 e. The number of allylic oxidation sites excluding steroid dienone is 3. The van der Waals surface area contributed by atoms with Gasteiger partial charge in [0.2, 0.25) is 11.8 Å². The highest BCUT2D eigenvalue weighted by Crippen LogP contribution is 2.66. The molecule has 0 spiro atoms. The third-order valence-corrected chi connectivity index (χ3v) is 11.1. The molecule has 2 aromatic rings. The van der Waals surface area contributed by atoms with E-state index in [1.165, 1.54) is 24.3 Å². The molecule has 222 valence electrons. The van der Waals surface area contributed by atoms with Crippen molar-refractivity contribution in [1.82, 2.24) is 4.90 Å². The van der Waals surface area contributed by atoms with Crippen molar-refractivity contribution in [3.63, 3.8) is 0 Å². The molecule has 0 radical (unpaired) electrons. The number of halogens is 3. The first-order chi connectivity index (χ1) is 20.4. The number of nitrogens with zero attached hydrogens (tertiary/aromatic N) is 3. The third-order valence-electron chi connectivity index (χ3n) is 9.16. The van der Waals surface area contributed by atoms with E-state index in [9.17, 15) is 34.4 Å². The maximum atomic E-state index is 14.1. The number of hydrogen-bond donors (Lipinski definition) is 1. The van der Waals surface area contributed by atoms with Crippen LogP contribution in [0, 0.1) is 27.9 Å². The number of rotatable bonds is 6. The number of aromatic hydroxyl groups is 1. The summed E-state index contributed by atoms with van der Waals surface area (Å²) in [6.45, 7) is 3.74. The number of alkyl halides is 3. The lowest BCUT2D eigenvalue weighted by Crippen LogP contribution is -2.60. The number of anilines is 1. The molecule has 3 fully saturated rings. The molecule has 43 heavy (non-hydrogen) atoms. The Bertz CT molecular complexity index is 1660. The molecule has 13 heteroatoms. The average molecular weight is 689 g/mol. The number of nitro groups is 1. The van der Waals surface area contributed by atoms with E-state index in [-0.39, 0.29) is 41.0 Å². The fraction of sp³-hybridized carbons (Fsp3) is 0.333. The second-order valence-electron chi connectivity index (χ2n) is 11.1. The van der Waals surface area contributed by atoms with Crippen LogP contribution in [0.3, 0.4) is 0 Å². The molecule has 1 saturated carbocycles. The molecule has 0 aromatic heterocycles. The Morgan fingerprint density at radius 1 is 1.07 bits per heavy atom. The lowest BCUT2D eigenvalue weighted by molar-refractivity contribution is -0.384. The zero-order chi connectivity index (χ0) is 31.0. The minimum Gasteiger partial charge on any atom is -0.507 e. The number of phenolic OH excluding ortho intramolecular Hbond substituents is 1. The minimum atomic E-state index is -2.04. The van der Waals surface area contributed by atoms with E-state index < -0.39 is 62.0 Å². The molecule has 2 saturated heterocycles. The summed E-state index contributed by atoms with van der Waals surface area (Å²) in [5.74, 6) is -6.23. The number of carbonyl (C=O) groups excluding carboxylic acids is 4. The Hall–Kier alpha value is -3.54. The molecular formula is C30H24BrCl2N3O7. The Morgan fingerprint density at radius 2 is 1.77 bits per heavy atom. The van der Waals surface area contributed by atoms with Gasteiger partial charge in [-0.15, -0.1) is 29.8 Å². The summed E-state index contributed by atoms with van der Waals surface area (Å²) in [6, 6.07) is 10.1. The molecule has 6 rings (SSSR count). The van der Waals surface area contributed by atoms with E-state index in [1.54, 1.807) is 30.4 Å². The fourth-order valence-electron chi connectivity index (χ4n) is 7.24. The molecule has 2 aromatic carbocycles. The van der Waals surface area contributed by atoms with E-state index in [4.69, 9.17) is 23.2 Å². The van der Waals surface area contributed by atoms with Gasteiger partial charge < -0.3 is 5.11 Å². The SMILES string of the molecule is C=CCc1cccc(C2C3=CCC4C(=O)N(c5ccc([N+](=O)[O-])cc5)C(=O)C4C3CC3(Cl)C(=O)N(CBr)C(=O)C23Cl)c1O. The van der Waals surface area contributed by atoms with Gasteiger partial charge in [0, 0.05) is 23.6 Å². The average Bonchev–Trinajstić information content (AvgIpc) is 3.32. The van der Waals surface area contributed by atoms with Crippen molar-refractivity contribution in [1.29, 1.82) is 0 Å². The Kier molecular flexibility index (Phi) is 7.06. The van der Waals surface area contributed by atoms with Crippen molar-refractivity contribution in [3.8, 4) is 5.75 Å². The van der Waals surface area contributed by atoms with Crippen molar-refractivity contribution >= 4 is 74.1 Å². The van der Waals surface area contributed by atoms with Crippen LogP contribution < -0.4 is 4.90 Å². The molecule has 6 atom stereocenters. The number of phenols is 1. The van der Waals surface area contributed by atoms with Crippen LogP contribution in [0.4, 0.5) is 11.4 Å². The van der Waals surface area contributed by atoms with Crippen LogP contribution in [0.1, 0.15) is 29.9 Å². The normalized spacial score (nSPS) is 31.5. The lowest BCUT2D eigenvalue weighted by atomic mass is 9.56. The maximum absolute atomic E-state index is 14.1. The predicted molar refractivity (Wildman–Crippen MR) is 161 cm³/mol. The quantitative estimate of drug-likeness (QED) is 0.113. The Labute approximate surface area is 264 Å². The van der Waals surface area contributed by atoms with E-state index in [1.807, 2.05) is 0 Å². The van der Waals surface area contributed by atoms with Crippen LogP contribution in [0.2, 0.25) is 0 Å². The largest absolute Gasteiger partial charge is 0.507 e. The molecule has 0 bridgehead atoms. The first-order valence-electron chi connectivity index (χ1n) is 13.5. The number of hydrogen-bond acceptors (Lipinski definition) is 7. The lowest BCUT2D eigenvalue weighted by Gasteiger charge is -2.50. The number of amides is 4. The second kappa shape index (κ2) is 10.3.